The van der Waals surface area contributed by atoms with Crippen molar-refractivity contribution in [1.82, 2.24) is 0 Å². The van der Waals surface area contributed by atoms with Crippen LogP contribution in [0.15, 0.2) is 46.9 Å². The topological polar surface area (TPSA) is 26.3 Å². The highest BCUT2D eigenvalue weighted by atomic mass is 79.9. The molecule has 0 heterocycles. The summed E-state index contributed by atoms with van der Waals surface area (Å²) in [6.07, 6.45) is 0. The zero-order valence-electron chi connectivity index (χ0n) is 9.70. The van der Waals surface area contributed by atoms with E-state index in [0.29, 0.717) is 5.56 Å². The van der Waals surface area contributed by atoms with E-state index < -0.39 is 5.82 Å². The summed E-state index contributed by atoms with van der Waals surface area (Å²) in [6, 6.07) is 11.3. The van der Waals surface area contributed by atoms with Crippen molar-refractivity contribution in [2.24, 2.45) is 0 Å². The van der Waals surface area contributed by atoms with Crippen LogP contribution in [0, 0.1) is 5.82 Å². The Kier molecular flexibility index (Phi) is 4.56. The van der Waals surface area contributed by atoms with Crippen molar-refractivity contribution in [3.05, 3.63) is 63.3 Å². The molecule has 19 heavy (non-hydrogen) atoms. The highest BCUT2D eigenvalue weighted by Gasteiger charge is 2.11. The lowest BCUT2D eigenvalue weighted by Gasteiger charge is -2.07. The molecule has 0 atom stereocenters. The molecule has 98 valence electrons. The maximum absolute atomic E-state index is 13.5. The van der Waals surface area contributed by atoms with Crippen LogP contribution in [0.25, 0.3) is 0 Å². The van der Waals surface area contributed by atoms with Gasteiger partial charge in [0.25, 0.3) is 0 Å². The third-order valence-electron chi connectivity index (χ3n) is 2.42. The van der Waals surface area contributed by atoms with Crippen LogP contribution in [0.2, 0.25) is 5.02 Å². The summed E-state index contributed by atoms with van der Waals surface area (Å²) >= 11 is 8.90. The van der Waals surface area contributed by atoms with Crippen molar-refractivity contribution in [3.8, 4) is 5.75 Å². The van der Waals surface area contributed by atoms with Gasteiger partial charge in [-0.2, -0.15) is 0 Å². The van der Waals surface area contributed by atoms with Gasteiger partial charge >= 0.3 is 0 Å². The van der Waals surface area contributed by atoms with Crippen molar-refractivity contribution >= 4 is 33.3 Å². The SMILES string of the molecule is O=C(COc1cccc(Cl)c1F)c1cccc(Br)c1. The summed E-state index contributed by atoms with van der Waals surface area (Å²) < 4.78 is 19.5. The second-order valence-corrected chi connectivity index (χ2v) is 5.10. The van der Waals surface area contributed by atoms with Gasteiger partial charge in [0, 0.05) is 10.0 Å². The van der Waals surface area contributed by atoms with E-state index in [1.165, 1.54) is 12.1 Å². The van der Waals surface area contributed by atoms with Crippen molar-refractivity contribution in [2.45, 2.75) is 0 Å². The van der Waals surface area contributed by atoms with Gasteiger partial charge in [-0.15, -0.1) is 0 Å². The van der Waals surface area contributed by atoms with Crippen LogP contribution in [0.4, 0.5) is 4.39 Å². The van der Waals surface area contributed by atoms with Crippen LogP contribution in [0.5, 0.6) is 5.75 Å². The Morgan fingerprint density at radius 2 is 2.00 bits per heavy atom. The third-order valence-corrected chi connectivity index (χ3v) is 3.21. The van der Waals surface area contributed by atoms with Gasteiger partial charge in [0.15, 0.2) is 24.0 Å². The minimum absolute atomic E-state index is 0.0316. The highest BCUT2D eigenvalue weighted by Crippen LogP contribution is 2.24. The predicted octanol–water partition coefficient (Wildman–Crippen LogP) is 4.50. The molecule has 0 N–H and O–H groups in total. The quantitative estimate of drug-likeness (QED) is 0.764. The Bertz CT molecular complexity index is 616. The number of hydrogen-bond donors (Lipinski definition) is 0. The molecule has 0 aliphatic heterocycles. The number of Topliss-reactive ketones (excluding diaryl/α,β-unsaturated/α-hetero) is 1. The first-order valence-electron chi connectivity index (χ1n) is 5.43. The van der Waals surface area contributed by atoms with Crippen molar-refractivity contribution in [3.63, 3.8) is 0 Å². The maximum atomic E-state index is 13.5. The minimum Gasteiger partial charge on any atom is -0.482 e. The summed E-state index contributed by atoms with van der Waals surface area (Å²) in [6.45, 7) is -0.242. The molecule has 0 unspecified atom stereocenters. The number of carbonyl (C=O) groups is 1. The molecule has 0 radical (unpaired) electrons. The lowest BCUT2D eigenvalue weighted by Crippen LogP contribution is -2.12. The molecule has 0 aliphatic carbocycles. The molecule has 2 nitrogen and oxygen atoms in total. The zero-order valence-corrected chi connectivity index (χ0v) is 12.0. The zero-order chi connectivity index (χ0) is 13.8. The van der Waals surface area contributed by atoms with Gasteiger partial charge in [0.05, 0.1) is 5.02 Å². The van der Waals surface area contributed by atoms with E-state index in [0.717, 1.165) is 4.47 Å². The van der Waals surface area contributed by atoms with E-state index >= 15 is 0 Å². The van der Waals surface area contributed by atoms with E-state index in [4.69, 9.17) is 16.3 Å². The molecule has 2 aromatic rings. The molecule has 0 saturated carbocycles. The van der Waals surface area contributed by atoms with E-state index in [9.17, 15) is 9.18 Å². The number of ether oxygens (including phenoxy) is 1. The standard InChI is InChI=1S/C14H9BrClFO2/c15-10-4-1-3-9(7-10)12(18)8-19-13-6-2-5-11(16)14(13)17/h1-7H,8H2. The third kappa shape index (κ3) is 3.55. The Hall–Kier alpha value is -1.39. The summed E-state index contributed by atoms with van der Waals surface area (Å²) in [4.78, 5) is 11.9. The smallest absolute Gasteiger partial charge is 0.200 e. The largest absolute Gasteiger partial charge is 0.482 e. The monoisotopic (exact) mass is 342 g/mol. The summed E-state index contributed by atoms with van der Waals surface area (Å²) in [7, 11) is 0. The van der Waals surface area contributed by atoms with Crippen molar-refractivity contribution in [2.75, 3.05) is 6.61 Å². The van der Waals surface area contributed by atoms with Crippen LogP contribution in [-0.2, 0) is 0 Å². The summed E-state index contributed by atoms with van der Waals surface area (Å²) in [5, 5.41) is -0.0348. The number of hydrogen-bond acceptors (Lipinski definition) is 2. The Balaban J connectivity index is 2.07. The Labute approximate surface area is 123 Å². The fourth-order valence-electron chi connectivity index (χ4n) is 1.48. The first kappa shape index (κ1) is 14.0. The molecule has 0 spiro atoms. The normalized spacial score (nSPS) is 10.3. The van der Waals surface area contributed by atoms with Gasteiger partial charge in [-0.1, -0.05) is 45.7 Å². The number of benzene rings is 2. The van der Waals surface area contributed by atoms with Gasteiger partial charge in [-0.25, -0.2) is 4.39 Å². The summed E-state index contributed by atoms with van der Waals surface area (Å²) in [5.74, 6) is -0.928. The molecule has 5 heteroatoms. The van der Waals surface area contributed by atoms with Gasteiger partial charge in [0.2, 0.25) is 0 Å². The lowest BCUT2D eigenvalue weighted by atomic mass is 10.1. The fourth-order valence-corrected chi connectivity index (χ4v) is 2.05. The van der Waals surface area contributed by atoms with Gasteiger partial charge in [-0.3, -0.25) is 4.79 Å². The number of ketones is 1. The Morgan fingerprint density at radius 3 is 2.74 bits per heavy atom. The maximum Gasteiger partial charge on any atom is 0.200 e. The molecule has 0 fully saturated rings. The minimum atomic E-state index is -0.661. The molecule has 0 bridgehead atoms. The first-order chi connectivity index (χ1) is 9.08. The lowest BCUT2D eigenvalue weighted by molar-refractivity contribution is 0.0918. The average molecular weight is 344 g/mol. The van der Waals surface area contributed by atoms with Crippen LogP contribution < -0.4 is 4.74 Å². The van der Waals surface area contributed by atoms with E-state index in [1.54, 1.807) is 24.3 Å². The van der Waals surface area contributed by atoms with E-state index in [1.807, 2.05) is 6.07 Å². The van der Waals surface area contributed by atoms with Crippen LogP contribution in [0.3, 0.4) is 0 Å². The molecule has 0 saturated heterocycles. The predicted molar refractivity (Wildman–Crippen MR) is 75.4 cm³/mol. The number of halogens is 3. The van der Waals surface area contributed by atoms with E-state index in [2.05, 4.69) is 15.9 Å². The van der Waals surface area contributed by atoms with Gasteiger partial charge in [0.1, 0.15) is 0 Å². The van der Waals surface area contributed by atoms with Crippen molar-refractivity contribution < 1.29 is 13.9 Å². The van der Waals surface area contributed by atoms with Crippen LogP contribution >= 0.6 is 27.5 Å². The Morgan fingerprint density at radius 1 is 1.26 bits per heavy atom. The second-order valence-electron chi connectivity index (χ2n) is 3.77. The molecule has 0 aromatic heterocycles. The molecule has 0 aliphatic rings. The second kappa shape index (κ2) is 6.17. The first-order valence-corrected chi connectivity index (χ1v) is 6.60. The van der Waals surface area contributed by atoms with E-state index in [-0.39, 0.29) is 23.2 Å². The molecule has 2 aromatic carbocycles. The van der Waals surface area contributed by atoms with Gasteiger partial charge < -0.3 is 4.74 Å². The summed E-state index contributed by atoms with van der Waals surface area (Å²) in [5.41, 5.74) is 0.497. The van der Waals surface area contributed by atoms with Gasteiger partial charge in [-0.05, 0) is 24.3 Å². The van der Waals surface area contributed by atoms with Crippen LogP contribution in [0.1, 0.15) is 10.4 Å². The average Bonchev–Trinajstić information content (AvgIpc) is 2.40. The van der Waals surface area contributed by atoms with Crippen LogP contribution in [-0.4, -0.2) is 12.4 Å². The van der Waals surface area contributed by atoms with Crippen molar-refractivity contribution in [1.29, 1.82) is 0 Å². The molecular weight excluding hydrogens is 335 g/mol. The molecular formula is C14H9BrClFO2. The number of rotatable bonds is 4. The fraction of sp³-hybridized carbons (Fsp3) is 0.0714. The number of carbonyl (C=O) groups excluding carboxylic acids is 1. The highest BCUT2D eigenvalue weighted by molar-refractivity contribution is 9.10. The molecule has 0 amide bonds. The molecule has 2 rings (SSSR count).